The van der Waals surface area contributed by atoms with Gasteiger partial charge in [0.05, 0.1) is 6.61 Å². The van der Waals surface area contributed by atoms with Crippen molar-refractivity contribution in [1.29, 1.82) is 0 Å². The summed E-state index contributed by atoms with van der Waals surface area (Å²) in [4.78, 5) is 13.9. The van der Waals surface area contributed by atoms with E-state index in [1.807, 2.05) is 29.2 Å². The lowest BCUT2D eigenvalue weighted by atomic mass is 10.1. The van der Waals surface area contributed by atoms with Crippen molar-refractivity contribution in [2.24, 2.45) is 5.92 Å². The molecule has 1 unspecified atom stereocenters. The summed E-state index contributed by atoms with van der Waals surface area (Å²) in [6.07, 6.45) is 2.21. The summed E-state index contributed by atoms with van der Waals surface area (Å²) in [6.45, 7) is 3.71. The second-order valence-corrected chi connectivity index (χ2v) is 5.19. The van der Waals surface area contributed by atoms with Crippen LogP contribution in [0.25, 0.3) is 0 Å². The van der Waals surface area contributed by atoms with Crippen molar-refractivity contribution in [3.63, 3.8) is 0 Å². The fourth-order valence-electron chi connectivity index (χ4n) is 2.48. The topological polar surface area (TPSA) is 40.5 Å². The van der Waals surface area contributed by atoms with E-state index in [2.05, 4.69) is 18.8 Å². The molecular weight excluding hydrogens is 250 g/mol. The molecule has 1 aliphatic heterocycles. The molecule has 3 nitrogen and oxygen atoms in total. The van der Waals surface area contributed by atoms with Crippen molar-refractivity contribution < 1.29 is 9.90 Å². The largest absolute Gasteiger partial charge is 0.395 e. The Morgan fingerprint density at radius 1 is 1.40 bits per heavy atom. The van der Waals surface area contributed by atoms with Gasteiger partial charge in [-0.2, -0.15) is 0 Å². The van der Waals surface area contributed by atoms with Gasteiger partial charge in [-0.15, -0.1) is 0 Å². The number of benzene rings is 1. The first kappa shape index (κ1) is 14.6. The van der Waals surface area contributed by atoms with Gasteiger partial charge >= 0.3 is 0 Å². The van der Waals surface area contributed by atoms with E-state index in [0.717, 1.165) is 24.1 Å². The van der Waals surface area contributed by atoms with E-state index >= 15 is 0 Å². The highest BCUT2D eigenvalue weighted by molar-refractivity contribution is 5.78. The number of hydrogen-bond acceptors (Lipinski definition) is 2. The first-order chi connectivity index (χ1) is 9.74. The summed E-state index contributed by atoms with van der Waals surface area (Å²) in [5.74, 6) is 6.77. The molecule has 1 amide bonds. The van der Waals surface area contributed by atoms with Gasteiger partial charge < -0.3 is 10.0 Å². The van der Waals surface area contributed by atoms with Crippen LogP contribution in [0.4, 0.5) is 0 Å². The van der Waals surface area contributed by atoms with Gasteiger partial charge in [-0.25, -0.2) is 0 Å². The Labute approximate surface area is 120 Å². The lowest BCUT2D eigenvalue weighted by molar-refractivity contribution is -0.128. The van der Waals surface area contributed by atoms with E-state index in [1.54, 1.807) is 0 Å². The predicted octanol–water partition coefficient (Wildman–Crippen LogP) is 2.18. The number of hydrogen-bond donors (Lipinski definition) is 1. The highest BCUT2D eigenvalue weighted by Crippen LogP contribution is 2.23. The van der Waals surface area contributed by atoms with Gasteiger partial charge in [-0.3, -0.25) is 4.79 Å². The third kappa shape index (κ3) is 3.61. The zero-order chi connectivity index (χ0) is 14.4. The van der Waals surface area contributed by atoms with Gasteiger partial charge in [0.25, 0.3) is 0 Å². The van der Waals surface area contributed by atoms with Crippen molar-refractivity contribution in [1.82, 2.24) is 4.90 Å². The monoisotopic (exact) mass is 271 g/mol. The molecule has 2 rings (SSSR count). The Kier molecular flexibility index (Phi) is 5.20. The molecule has 1 aliphatic rings. The number of carbonyl (C=O) groups is 1. The average molecular weight is 271 g/mol. The molecule has 1 fully saturated rings. The van der Waals surface area contributed by atoms with E-state index in [-0.39, 0.29) is 12.5 Å². The molecule has 3 heteroatoms. The first-order valence-corrected chi connectivity index (χ1v) is 7.20. The van der Waals surface area contributed by atoms with Crippen LogP contribution >= 0.6 is 0 Å². The van der Waals surface area contributed by atoms with Crippen molar-refractivity contribution in [2.75, 3.05) is 13.2 Å². The van der Waals surface area contributed by atoms with Crippen molar-refractivity contribution in [3.05, 3.63) is 35.4 Å². The molecule has 106 valence electrons. The van der Waals surface area contributed by atoms with Gasteiger partial charge in [0.1, 0.15) is 0 Å². The van der Waals surface area contributed by atoms with Crippen LogP contribution < -0.4 is 0 Å². The molecule has 1 N–H and O–H groups in total. The maximum absolute atomic E-state index is 12.0. The van der Waals surface area contributed by atoms with Crippen LogP contribution in [0.15, 0.2) is 24.3 Å². The number of aliphatic hydroxyl groups is 1. The van der Waals surface area contributed by atoms with Crippen LogP contribution in [0.1, 0.15) is 37.3 Å². The standard InChI is InChI=1S/C17H21NO2/c1-2-14-11-17(20)18(12-14)13-16-9-4-3-7-15(16)8-5-6-10-19/h3-4,7,9,14,19H,2,6,10-13H2,1H3. The first-order valence-electron chi connectivity index (χ1n) is 7.20. The highest BCUT2D eigenvalue weighted by Gasteiger charge is 2.28. The summed E-state index contributed by atoms with van der Waals surface area (Å²) >= 11 is 0. The molecule has 0 aliphatic carbocycles. The predicted molar refractivity (Wildman–Crippen MR) is 78.8 cm³/mol. The molecule has 20 heavy (non-hydrogen) atoms. The smallest absolute Gasteiger partial charge is 0.223 e. The summed E-state index contributed by atoms with van der Waals surface area (Å²) < 4.78 is 0. The summed E-state index contributed by atoms with van der Waals surface area (Å²) in [6, 6.07) is 7.92. The van der Waals surface area contributed by atoms with Crippen molar-refractivity contribution in [3.8, 4) is 11.8 Å². The molecule has 1 atom stereocenters. The SMILES string of the molecule is CCC1CC(=O)N(Cc2ccccc2C#CCCO)C1. The van der Waals surface area contributed by atoms with Crippen LogP contribution in [-0.2, 0) is 11.3 Å². The van der Waals surface area contributed by atoms with Gasteiger partial charge in [-0.05, 0) is 17.5 Å². The Bertz CT molecular complexity index is 527. The van der Waals surface area contributed by atoms with Gasteiger partial charge in [0, 0.05) is 31.5 Å². The normalized spacial score (nSPS) is 18.0. The highest BCUT2D eigenvalue weighted by atomic mass is 16.2. The van der Waals surface area contributed by atoms with Crippen LogP contribution in [0.2, 0.25) is 0 Å². The Morgan fingerprint density at radius 2 is 2.20 bits per heavy atom. The molecule has 0 bridgehead atoms. The van der Waals surface area contributed by atoms with E-state index in [0.29, 0.717) is 25.3 Å². The molecule has 0 radical (unpaired) electrons. The van der Waals surface area contributed by atoms with E-state index in [9.17, 15) is 4.79 Å². The second-order valence-electron chi connectivity index (χ2n) is 5.19. The second kappa shape index (κ2) is 7.12. The van der Waals surface area contributed by atoms with Gasteiger partial charge in [0.2, 0.25) is 5.91 Å². The summed E-state index contributed by atoms with van der Waals surface area (Å²) in [5.41, 5.74) is 2.04. The maximum atomic E-state index is 12.0. The maximum Gasteiger partial charge on any atom is 0.223 e. The molecule has 0 aromatic heterocycles. The average Bonchev–Trinajstić information content (AvgIpc) is 2.81. The third-order valence-corrected chi connectivity index (χ3v) is 3.71. The minimum Gasteiger partial charge on any atom is -0.395 e. The Balaban J connectivity index is 2.10. The zero-order valence-corrected chi connectivity index (χ0v) is 11.9. The fourth-order valence-corrected chi connectivity index (χ4v) is 2.48. The summed E-state index contributed by atoms with van der Waals surface area (Å²) in [7, 11) is 0. The number of rotatable bonds is 4. The van der Waals surface area contributed by atoms with Crippen molar-refractivity contribution in [2.45, 2.75) is 32.7 Å². The number of aliphatic hydroxyl groups excluding tert-OH is 1. The Hall–Kier alpha value is -1.79. The van der Waals surface area contributed by atoms with Crippen molar-refractivity contribution >= 4 is 5.91 Å². The third-order valence-electron chi connectivity index (χ3n) is 3.71. The van der Waals surface area contributed by atoms with Crippen LogP contribution in [0.3, 0.4) is 0 Å². The number of likely N-dealkylation sites (tertiary alicyclic amines) is 1. The lowest BCUT2D eigenvalue weighted by Gasteiger charge is -2.17. The van der Waals surface area contributed by atoms with Crippen LogP contribution in [0.5, 0.6) is 0 Å². The van der Waals surface area contributed by atoms with E-state index in [1.165, 1.54) is 0 Å². The molecule has 1 aromatic carbocycles. The van der Waals surface area contributed by atoms with Gasteiger partial charge in [-0.1, -0.05) is 43.4 Å². The van der Waals surface area contributed by atoms with E-state index in [4.69, 9.17) is 5.11 Å². The molecular formula is C17H21NO2. The zero-order valence-electron chi connectivity index (χ0n) is 11.9. The fraction of sp³-hybridized carbons (Fsp3) is 0.471. The number of nitrogens with zero attached hydrogens (tertiary/aromatic N) is 1. The molecule has 1 aromatic rings. The lowest BCUT2D eigenvalue weighted by Crippen LogP contribution is -2.25. The van der Waals surface area contributed by atoms with E-state index < -0.39 is 0 Å². The Morgan fingerprint density at radius 3 is 2.90 bits per heavy atom. The van der Waals surface area contributed by atoms with Crippen LogP contribution in [0, 0.1) is 17.8 Å². The quantitative estimate of drug-likeness (QED) is 0.853. The number of carbonyl (C=O) groups excluding carboxylic acids is 1. The minimum absolute atomic E-state index is 0.0813. The molecule has 1 heterocycles. The molecule has 0 saturated carbocycles. The number of amides is 1. The molecule has 0 spiro atoms. The minimum atomic E-state index is 0.0813. The van der Waals surface area contributed by atoms with Gasteiger partial charge in [0.15, 0.2) is 0 Å². The van der Waals surface area contributed by atoms with Crippen LogP contribution in [-0.4, -0.2) is 29.1 Å². The molecule has 1 saturated heterocycles. The summed E-state index contributed by atoms with van der Waals surface area (Å²) in [5, 5.41) is 8.78.